The van der Waals surface area contributed by atoms with Gasteiger partial charge in [-0.15, -0.1) is 22.7 Å². The number of pyridine rings is 2. The zero-order valence-electron chi connectivity index (χ0n) is 32.4. The van der Waals surface area contributed by atoms with Crippen LogP contribution in [-0.2, 0) is 12.8 Å². The van der Waals surface area contributed by atoms with Crippen LogP contribution in [0.1, 0.15) is 18.6 Å². The van der Waals surface area contributed by atoms with Gasteiger partial charge in [-0.05, 0) is 76.3 Å². The summed E-state index contributed by atoms with van der Waals surface area (Å²) < 4.78 is 2.99. The fourth-order valence-electron chi connectivity index (χ4n) is 6.51. The predicted molar refractivity (Wildman–Crippen MR) is 259 cm³/mol. The van der Waals surface area contributed by atoms with Gasteiger partial charge in [-0.2, -0.15) is 0 Å². The largest absolute Gasteiger partial charge is 0.367 e. The molecule has 0 aliphatic heterocycles. The van der Waals surface area contributed by atoms with Crippen LogP contribution < -0.4 is 27.4 Å². The maximum absolute atomic E-state index is 6.43. The summed E-state index contributed by atoms with van der Waals surface area (Å²) in [4.78, 5) is 27.4. The molecule has 0 bridgehead atoms. The minimum Gasteiger partial charge on any atom is -0.367 e. The Hall–Kier alpha value is -6.16. The molecule has 6 aromatic heterocycles. The highest BCUT2D eigenvalue weighted by Gasteiger charge is 2.17. The molecule has 0 radical (unpaired) electrons. The number of nitrogens with two attached hydrogens (primary N) is 2. The van der Waals surface area contributed by atoms with Crippen molar-refractivity contribution in [3.8, 4) is 22.8 Å². The summed E-state index contributed by atoms with van der Waals surface area (Å²) in [5, 5.41) is 14.5. The Bertz CT molecular complexity index is 2740. The molecule has 2 atom stereocenters. The van der Waals surface area contributed by atoms with Crippen molar-refractivity contribution >= 4 is 82.0 Å². The molecular weight excluding hydrogens is 863 g/mol. The van der Waals surface area contributed by atoms with Crippen molar-refractivity contribution in [2.75, 3.05) is 29.0 Å². The SMILES string of the molecule is C.N[C@H](CNc1nc(-c2ccncc2)nc2c(Br)csc12)Cc1ccccc1.N[C@H](CNc1nc(-c2ccncc2)nc2c(Nc3ccccc3)csc12)Cc1ccccc1. The van der Waals surface area contributed by atoms with Crippen LogP contribution in [0.3, 0.4) is 0 Å². The summed E-state index contributed by atoms with van der Waals surface area (Å²) in [6.45, 7) is 1.24. The van der Waals surface area contributed by atoms with E-state index in [4.69, 9.17) is 31.4 Å². The Labute approximate surface area is 371 Å². The summed E-state index contributed by atoms with van der Waals surface area (Å²) in [5.74, 6) is 2.93. The normalized spacial score (nSPS) is 11.9. The first kappa shape index (κ1) is 42.9. The quantitative estimate of drug-likeness (QED) is 0.0705. The monoisotopic (exact) mass is 907 g/mol. The van der Waals surface area contributed by atoms with Gasteiger partial charge < -0.3 is 27.4 Å². The van der Waals surface area contributed by atoms with Crippen molar-refractivity contribution in [3.05, 3.63) is 166 Å². The molecule has 0 amide bonds. The molecule has 0 fully saturated rings. The number of rotatable bonds is 14. The molecule has 11 nitrogen and oxygen atoms in total. The van der Waals surface area contributed by atoms with Crippen molar-refractivity contribution in [2.24, 2.45) is 11.5 Å². The van der Waals surface area contributed by atoms with Crippen LogP contribution in [0.4, 0.5) is 23.0 Å². The maximum Gasteiger partial charge on any atom is 0.162 e. The first-order valence-corrected chi connectivity index (χ1v) is 22.0. The Kier molecular flexibility index (Phi) is 14.7. The third kappa shape index (κ3) is 11.2. The average molecular weight is 909 g/mol. The van der Waals surface area contributed by atoms with E-state index in [0.717, 1.165) is 71.9 Å². The molecule has 0 aliphatic carbocycles. The summed E-state index contributed by atoms with van der Waals surface area (Å²) in [6, 6.07) is 38.3. The Morgan fingerprint density at radius 1 is 0.541 bits per heavy atom. The van der Waals surface area contributed by atoms with E-state index in [1.807, 2.05) is 96.4 Å². The number of aromatic nitrogens is 6. The van der Waals surface area contributed by atoms with Gasteiger partial charge >= 0.3 is 0 Å². The highest BCUT2D eigenvalue weighted by atomic mass is 79.9. The number of nitrogens with zero attached hydrogens (tertiary/aromatic N) is 6. The molecule has 9 aromatic rings. The van der Waals surface area contributed by atoms with Crippen molar-refractivity contribution in [1.82, 2.24) is 29.9 Å². The molecule has 0 spiro atoms. The van der Waals surface area contributed by atoms with Crippen LogP contribution in [0, 0.1) is 0 Å². The second-order valence-corrected chi connectivity index (χ2v) is 16.6. The van der Waals surface area contributed by atoms with E-state index in [-0.39, 0.29) is 19.5 Å². The standard InChI is InChI=1S/C26H24N6S.C20H18BrN5S.CH4/c27-20(15-18-7-3-1-4-8-18)16-29-26-24-23(31-25(32-26)19-11-13-28-14-12-19)22(17-33-24)30-21-9-5-2-6-10-21;21-16-12-27-18-17(16)25-19(14-6-8-23-9-7-14)26-20(18)24-11-15(22)10-13-4-2-1-3-5-13;/h1-14,17,20,30H,15-16,27H2,(H,29,31,32);1-9,12,15H,10-11,22H2,(H,24,25,26);1H4/t20-;15-;/m00./s1. The second kappa shape index (κ2) is 20.9. The average Bonchev–Trinajstić information content (AvgIpc) is 3.89. The Morgan fingerprint density at radius 3 is 1.49 bits per heavy atom. The van der Waals surface area contributed by atoms with Crippen LogP contribution in [0.5, 0.6) is 0 Å². The van der Waals surface area contributed by atoms with Crippen molar-refractivity contribution in [2.45, 2.75) is 32.4 Å². The van der Waals surface area contributed by atoms with E-state index in [1.165, 1.54) is 11.1 Å². The van der Waals surface area contributed by atoms with Crippen LogP contribution in [-0.4, -0.2) is 55.1 Å². The van der Waals surface area contributed by atoms with Crippen molar-refractivity contribution in [1.29, 1.82) is 0 Å². The molecule has 61 heavy (non-hydrogen) atoms. The van der Waals surface area contributed by atoms with Crippen LogP contribution in [0.25, 0.3) is 43.2 Å². The zero-order chi connectivity index (χ0) is 41.1. The van der Waals surface area contributed by atoms with Gasteiger partial charge in [-0.1, -0.05) is 86.3 Å². The molecule has 6 heterocycles. The lowest BCUT2D eigenvalue weighted by molar-refractivity contribution is 0.698. The number of halogens is 1. The van der Waals surface area contributed by atoms with E-state index in [2.05, 4.69) is 71.5 Å². The predicted octanol–water partition coefficient (Wildman–Crippen LogP) is 10.6. The lowest BCUT2D eigenvalue weighted by Gasteiger charge is -2.15. The Morgan fingerprint density at radius 2 is 0.984 bits per heavy atom. The number of hydrogen-bond donors (Lipinski definition) is 5. The number of nitrogens with one attached hydrogen (secondary N) is 3. The maximum atomic E-state index is 6.43. The molecule has 0 saturated carbocycles. The molecule has 308 valence electrons. The molecule has 0 saturated heterocycles. The van der Waals surface area contributed by atoms with Gasteiger partial charge in [0.2, 0.25) is 0 Å². The minimum atomic E-state index is -0.0383. The number of fused-ring (bicyclic) bond motifs is 2. The van der Waals surface area contributed by atoms with E-state index >= 15 is 0 Å². The molecule has 7 N–H and O–H groups in total. The first-order chi connectivity index (χ1) is 29.5. The third-order valence-corrected chi connectivity index (χ3v) is 12.3. The second-order valence-electron chi connectivity index (χ2n) is 14.0. The summed E-state index contributed by atoms with van der Waals surface area (Å²) >= 11 is 6.82. The van der Waals surface area contributed by atoms with Gasteiger partial charge in [-0.25, -0.2) is 19.9 Å². The highest BCUT2D eigenvalue weighted by Crippen LogP contribution is 2.37. The van der Waals surface area contributed by atoms with Gasteiger partial charge in [0.05, 0.1) is 19.6 Å². The smallest absolute Gasteiger partial charge is 0.162 e. The zero-order valence-corrected chi connectivity index (χ0v) is 35.7. The Balaban J connectivity index is 0.000000185. The van der Waals surface area contributed by atoms with E-state index in [0.29, 0.717) is 24.7 Å². The van der Waals surface area contributed by atoms with Gasteiger partial charge in [-0.3, -0.25) is 9.97 Å². The fourth-order valence-corrected chi connectivity index (χ4v) is 8.94. The minimum absolute atomic E-state index is 0. The topological polar surface area (TPSA) is 165 Å². The molecule has 9 rings (SSSR count). The van der Waals surface area contributed by atoms with E-state index < -0.39 is 0 Å². The molecule has 0 unspecified atom stereocenters. The fraction of sp³-hybridized carbons (Fsp3) is 0.149. The third-order valence-electron chi connectivity index (χ3n) is 9.46. The van der Waals surface area contributed by atoms with Crippen molar-refractivity contribution < 1.29 is 0 Å². The van der Waals surface area contributed by atoms with Gasteiger partial charge in [0, 0.05) is 77.5 Å². The molecule has 14 heteroatoms. The van der Waals surface area contributed by atoms with Crippen LogP contribution in [0.2, 0.25) is 0 Å². The number of hydrogen-bond acceptors (Lipinski definition) is 13. The highest BCUT2D eigenvalue weighted by molar-refractivity contribution is 9.10. The van der Waals surface area contributed by atoms with Gasteiger partial charge in [0.1, 0.15) is 22.7 Å². The molecule has 3 aromatic carbocycles. The summed E-state index contributed by atoms with van der Waals surface area (Å²) in [5.41, 5.74) is 20.8. The lowest BCUT2D eigenvalue weighted by atomic mass is 10.1. The first-order valence-electron chi connectivity index (χ1n) is 19.4. The van der Waals surface area contributed by atoms with Gasteiger partial charge in [0.15, 0.2) is 11.6 Å². The number of thiophene rings is 2. The van der Waals surface area contributed by atoms with Crippen LogP contribution >= 0.6 is 38.6 Å². The lowest BCUT2D eigenvalue weighted by Crippen LogP contribution is -2.31. The summed E-state index contributed by atoms with van der Waals surface area (Å²) in [7, 11) is 0. The summed E-state index contributed by atoms with van der Waals surface area (Å²) in [6.07, 6.45) is 8.60. The van der Waals surface area contributed by atoms with Gasteiger partial charge in [0.25, 0.3) is 0 Å². The number of benzene rings is 3. The van der Waals surface area contributed by atoms with E-state index in [1.54, 1.807) is 47.5 Å². The molecular formula is C47H46BrN11S2. The number of para-hydroxylation sites is 1. The van der Waals surface area contributed by atoms with Crippen LogP contribution in [0.15, 0.2) is 155 Å². The van der Waals surface area contributed by atoms with E-state index in [9.17, 15) is 0 Å². The molecule has 0 aliphatic rings. The van der Waals surface area contributed by atoms with Crippen molar-refractivity contribution in [3.63, 3.8) is 0 Å². The number of anilines is 4.